The number of hydrogen-bond acceptors (Lipinski definition) is 1. The maximum atomic E-state index is 6.78. The third-order valence-electron chi connectivity index (χ3n) is 5.80. The minimum Gasteiger partial charge on any atom is -0.324 e. The molecule has 0 bridgehead atoms. The van der Waals surface area contributed by atoms with Gasteiger partial charge in [0, 0.05) is 5.54 Å². The highest BCUT2D eigenvalue weighted by Crippen LogP contribution is 2.54. The fourth-order valence-electron chi connectivity index (χ4n) is 2.79. The van der Waals surface area contributed by atoms with Crippen LogP contribution in [0.3, 0.4) is 0 Å². The zero-order valence-corrected chi connectivity index (χ0v) is 13.0. The summed E-state index contributed by atoms with van der Waals surface area (Å²) in [5, 5.41) is 0. The highest BCUT2D eigenvalue weighted by Gasteiger charge is 2.54. The van der Waals surface area contributed by atoms with E-state index in [9.17, 15) is 0 Å². The summed E-state index contributed by atoms with van der Waals surface area (Å²) >= 11 is 0. The van der Waals surface area contributed by atoms with Crippen molar-refractivity contribution < 1.29 is 0 Å². The van der Waals surface area contributed by atoms with Crippen LogP contribution in [0.5, 0.6) is 0 Å². The van der Waals surface area contributed by atoms with Gasteiger partial charge >= 0.3 is 0 Å². The van der Waals surface area contributed by atoms with E-state index in [2.05, 4.69) is 62.3 Å². The molecule has 0 aromatic heterocycles. The second-order valence-electron chi connectivity index (χ2n) is 7.38. The van der Waals surface area contributed by atoms with Gasteiger partial charge < -0.3 is 5.73 Å². The van der Waals surface area contributed by atoms with E-state index in [0.717, 1.165) is 12.8 Å². The van der Waals surface area contributed by atoms with Crippen molar-refractivity contribution in [1.82, 2.24) is 0 Å². The highest BCUT2D eigenvalue weighted by molar-refractivity contribution is 5.08. The number of hydrogen-bond donors (Lipinski definition) is 1. The third-order valence-corrected chi connectivity index (χ3v) is 5.80. The first kappa shape index (κ1) is 16.0. The Morgan fingerprint density at radius 3 is 1.31 bits per heavy atom. The Labute approximate surface area is 103 Å². The standard InChI is InChI=1S/C15H33N/c1-10-13(6,7)15(9,16)14(8,11-2)12(3,4)5/h10-11,16H2,1-9H3. The van der Waals surface area contributed by atoms with Crippen LogP contribution >= 0.6 is 0 Å². The van der Waals surface area contributed by atoms with Gasteiger partial charge in [0.2, 0.25) is 0 Å². The SMILES string of the molecule is CCC(C)(C)C(C)(N)C(C)(CC)C(C)(C)C. The van der Waals surface area contributed by atoms with Crippen LogP contribution in [0, 0.1) is 16.2 Å². The van der Waals surface area contributed by atoms with Crippen molar-refractivity contribution in [3.05, 3.63) is 0 Å². The molecule has 1 heteroatoms. The molecule has 98 valence electrons. The van der Waals surface area contributed by atoms with Gasteiger partial charge in [0.05, 0.1) is 0 Å². The molecule has 0 aliphatic heterocycles. The number of rotatable bonds is 4. The van der Waals surface area contributed by atoms with Crippen molar-refractivity contribution in [2.45, 2.75) is 80.7 Å². The maximum Gasteiger partial charge on any atom is 0.0236 e. The minimum atomic E-state index is -0.165. The van der Waals surface area contributed by atoms with E-state index in [-0.39, 0.29) is 21.8 Å². The molecule has 0 aromatic carbocycles. The van der Waals surface area contributed by atoms with Crippen molar-refractivity contribution in [1.29, 1.82) is 0 Å². The molecule has 0 fully saturated rings. The smallest absolute Gasteiger partial charge is 0.0236 e. The van der Waals surface area contributed by atoms with Gasteiger partial charge in [-0.15, -0.1) is 0 Å². The number of nitrogens with two attached hydrogens (primary N) is 1. The fraction of sp³-hybridized carbons (Fsp3) is 1.00. The van der Waals surface area contributed by atoms with E-state index < -0.39 is 0 Å². The summed E-state index contributed by atoms with van der Waals surface area (Å²) in [6.45, 7) is 20.6. The summed E-state index contributed by atoms with van der Waals surface area (Å²) in [5.41, 5.74) is 7.13. The summed E-state index contributed by atoms with van der Waals surface area (Å²) in [6, 6.07) is 0. The quantitative estimate of drug-likeness (QED) is 0.746. The second-order valence-corrected chi connectivity index (χ2v) is 7.38. The van der Waals surface area contributed by atoms with Crippen molar-refractivity contribution in [2.24, 2.45) is 22.0 Å². The molecule has 0 amide bonds. The molecule has 0 aliphatic rings. The Morgan fingerprint density at radius 1 is 0.750 bits per heavy atom. The minimum absolute atomic E-state index is 0.138. The van der Waals surface area contributed by atoms with Crippen LogP contribution in [-0.2, 0) is 0 Å². The van der Waals surface area contributed by atoms with Gasteiger partial charge in [-0.1, -0.05) is 55.4 Å². The first-order valence-corrected chi connectivity index (χ1v) is 6.66. The largest absolute Gasteiger partial charge is 0.324 e. The summed E-state index contributed by atoms with van der Waals surface area (Å²) in [5.74, 6) is 0. The van der Waals surface area contributed by atoms with Gasteiger partial charge in [0.25, 0.3) is 0 Å². The molecule has 0 saturated carbocycles. The topological polar surface area (TPSA) is 26.0 Å². The van der Waals surface area contributed by atoms with E-state index in [4.69, 9.17) is 5.73 Å². The Hall–Kier alpha value is -0.0400. The summed E-state index contributed by atoms with van der Waals surface area (Å²) in [7, 11) is 0. The third kappa shape index (κ3) is 2.16. The molecule has 0 aromatic rings. The molecule has 1 nitrogen and oxygen atoms in total. The zero-order valence-electron chi connectivity index (χ0n) is 13.0. The molecule has 16 heavy (non-hydrogen) atoms. The average Bonchev–Trinajstić information content (AvgIpc) is 2.14. The lowest BCUT2D eigenvalue weighted by atomic mass is 9.49. The lowest BCUT2D eigenvalue weighted by Crippen LogP contribution is -2.64. The van der Waals surface area contributed by atoms with Crippen LogP contribution in [0.1, 0.15) is 75.2 Å². The van der Waals surface area contributed by atoms with Crippen molar-refractivity contribution >= 4 is 0 Å². The van der Waals surface area contributed by atoms with Gasteiger partial charge in [0.1, 0.15) is 0 Å². The average molecular weight is 227 g/mol. The van der Waals surface area contributed by atoms with Crippen LogP contribution in [0.2, 0.25) is 0 Å². The Kier molecular flexibility index (Phi) is 4.32. The van der Waals surface area contributed by atoms with Crippen LogP contribution < -0.4 is 5.73 Å². The van der Waals surface area contributed by atoms with E-state index >= 15 is 0 Å². The van der Waals surface area contributed by atoms with E-state index in [1.807, 2.05) is 0 Å². The summed E-state index contributed by atoms with van der Waals surface area (Å²) in [6.07, 6.45) is 2.23. The summed E-state index contributed by atoms with van der Waals surface area (Å²) in [4.78, 5) is 0. The van der Waals surface area contributed by atoms with Crippen LogP contribution in [0.15, 0.2) is 0 Å². The van der Waals surface area contributed by atoms with Gasteiger partial charge in [-0.2, -0.15) is 0 Å². The van der Waals surface area contributed by atoms with Crippen LogP contribution in [0.25, 0.3) is 0 Å². The van der Waals surface area contributed by atoms with Crippen molar-refractivity contribution in [2.75, 3.05) is 0 Å². The molecule has 0 heterocycles. The van der Waals surface area contributed by atoms with Crippen LogP contribution in [-0.4, -0.2) is 5.54 Å². The maximum absolute atomic E-state index is 6.78. The Balaban J connectivity index is 5.58. The molecule has 0 aliphatic carbocycles. The van der Waals surface area contributed by atoms with Crippen molar-refractivity contribution in [3.63, 3.8) is 0 Å². The highest BCUT2D eigenvalue weighted by atomic mass is 14.8. The van der Waals surface area contributed by atoms with E-state index in [0.29, 0.717) is 0 Å². The van der Waals surface area contributed by atoms with Gasteiger partial charge in [-0.3, -0.25) is 0 Å². The monoisotopic (exact) mass is 227 g/mol. The predicted molar refractivity (Wildman–Crippen MR) is 74.5 cm³/mol. The summed E-state index contributed by atoms with van der Waals surface area (Å²) < 4.78 is 0. The second kappa shape index (κ2) is 4.33. The molecular weight excluding hydrogens is 194 g/mol. The Morgan fingerprint density at radius 2 is 1.12 bits per heavy atom. The molecule has 0 rings (SSSR count). The van der Waals surface area contributed by atoms with E-state index in [1.54, 1.807) is 0 Å². The first-order chi connectivity index (χ1) is 6.87. The van der Waals surface area contributed by atoms with Crippen molar-refractivity contribution in [3.8, 4) is 0 Å². The first-order valence-electron chi connectivity index (χ1n) is 6.66. The van der Waals surface area contributed by atoms with Crippen LogP contribution in [0.4, 0.5) is 0 Å². The molecule has 2 N–H and O–H groups in total. The molecule has 0 radical (unpaired) electrons. The molecule has 0 saturated heterocycles. The van der Waals surface area contributed by atoms with Gasteiger partial charge in [0.15, 0.2) is 0 Å². The Bertz CT molecular complexity index is 232. The lowest BCUT2D eigenvalue weighted by Gasteiger charge is -2.59. The predicted octanol–water partition coefficient (Wildman–Crippen LogP) is 4.60. The lowest BCUT2D eigenvalue weighted by molar-refractivity contribution is -0.0501. The molecular formula is C15H33N. The normalized spacial score (nSPS) is 21.4. The zero-order chi connectivity index (χ0) is 13.4. The fourth-order valence-corrected chi connectivity index (χ4v) is 2.79. The van der Waals surface area contributed by atoms with Gasteiger partial charge in [-0.25, -0.2) is 0 Å². The van der Waals surface area contributed by atoms with E-state index in [1.165, 1.54) is 0 Å². The molecule has 0 spiro atoms. The molecule has 2 atom stereocenters. The van der Waals surface area contributed by atoms with Gasteiger partial charge in [-0.05, 0) is 36.0 Å². The molecule has 2 unspecified atom stereocenters.